The van der Waals surface area contributed by atoms with Crippen molar-refractivity contribution < 1.29 is 4.79 Å². The average Bonchev–Trinajstić information content (AvgIpc) is 2.37. The number of hydrogen-bond acceptors (Lipinski definition) is 2. The van der Waals surface area contributed by atoms with Crippen molar-refractivity contribution in [2.45, 2.75) is 40.5 Å². The molecular formula is C15H20N2O. The Hall–Kier alpha value is -1.82. The van der Waals surface area contributed by atoms with Gasteiger partial charge in [-0.2, -0.15) is 5.26 Å². The number of benzene rings is 1. The molecule has 0 aliphatic carbocycles. The van der Waals surface area contributed by atoms with Crippen molar-refractivity contribution >= 4 is 11.6 Å². The fourth-order valence-electron chi connectivity index (χ4n) is 2.02. The number of nitrogens with zero attached hydrogens (tertiary/aromatic N) is 1. The van der Waals surface area contributed by atoms with E-state index in [-0.39, 0.29) is 5.91 Å². The molecule has 0 spiro atoms. The second-order valence-electron chi connectivity index (χ2n) is 4.62. The molecule has 0 fully saturated rings. The van der Waals surface area contributed by atoms with Crippen LogP contribution in [0.3, 0.4) is 0 Å². The molecule has 1 aromatic rings. The average molecular weight is 244 g/mol. The fraction of sp³-hybridized carbons (Fsp3) is 0.467. The van der Waals surface area contributed by atoms with Crippen molar-refractivity contribution in [2.24, 2.45) is 5.41 Å². The Balaban J connectivity index is 3.05. The molecule has 1 aromatic carbocycles. The molecule has 3 nitrogen and oxygen atoms in total. The summed E-state index contributed by atoms with van der Waals surface area (Å²) in [5, 5.41) is 12.2. The van der Waals surface area contributed by atoms with Gasteiger partial charge in [0.05, 0.1) is 6.07 Å². The van der Waals surface area contributed by atoms with Crippen LogP contribution < -0.4 is 5.32 Å². The van der Waals surface area contributed by atoms with Gasteiger partial charge in [-0.05, 0) is 37.8 Å². The molecule has 1 N–H and O–H groups in total. The third-order valence-corrected chi connectivity index (χ3v) is 3.58. The minimum Gasteiger partial charge on any atom is -0.324 e. The van der Waals surface area contributed by atoms with Crippen LogP contribution in [0.5, 0.6) is 0 Å². The van der Waals surface area contributed by atoms with Gasteiger partial charge in [0.2, 0.25) is 5.91 Å². The monoisotopic (exact) mass is 244 g/mol. The van der Waals surface area contributed by atoms with Crippen LogP contribution in [0.4, 0.5) is 5.69 Å². The Morgan fingerprint density at radius 1 is 1.28 bits per heavy atom. The summed E-state index contributed by atoms with van der Waals surface area (Å²) >= 11 is 0. The first-order chi connectivity index (χ1) is 8.50. The van der Waals surface area contributed by atoms with Crippen molar-refractivity contribution in [3.8, 4) is 6.07 Å². The Morgan fingerprint density at radius 2 is 1.78 bits per heavy atom. The van der Waals surface area contributed by atoms with Crippen LogP contribution in [-0.4, -0.2) is 5.91 Å². The number of nitriles is 1. The molecule has 0 aliphatic rings. The zero-order chi connectivity index (χ0) is 13.8. The van der Waals surface area contributed by atoms with Crippen molar-refractivity contribution in [3.63, 3.8) is 0 Å². The van der Waals surface area contributed by atoms with Crippen LogP contribution in [0.25, 0.3) is 0 Å². The second-order valence-corrected chi connectivity index (χ2v) is 4.62. The number of hydrogen-bond donors (Lipinski definition) is 1. The molecule has 18 heavy (non-hydrogen) atoms. The van der Waals surface area contributed by atoms with E-state index in [0.717, 1.165) is 16.8 Å². The Bertz CT molecular complexity index is 462. The zero-order valence-electron chi connectivity index (χ0n) is 11.5. The molecule has 0 saturated carbocycles. The summed E-state index contributed by atoms with van der Waals surface area (Å²) in [6.45, 7) is 7.65. The van der Waals surface area contributed by atoms with Crippen LogP contribution in [-0.2, 0) is 4.79 Å². The van der Waals surface area contributed by atoms with Gasteiger partial charge in [-0.25, -0.2) is 0 Å². The van der Waals surface area contributed by atoms with Gasteiger partial charge in [0.1, 0.15) is 5.41 Å². The molecule has 1 rings (SSSR count). The van der Waals surface area contributed by atoms with Crippen molar-refractivity contribution in [2.75, 3.05) is 5.32 Å². The van der Waals surface area contributed by atoms with Crippen LogP contribution in [0, 0.1) is 30.6 Å². The van der Waals surface area contributed by atoms with E-state index < -0.39 is 5.41 Å². The maximum Gasteiger partial charge on any atom is 0.244 e. The Labute approximate surface area is 109 Å². The molecular weight excluding hydrogens is 224 g/mol. The van der Waals surface area contributed by atoms with Gasteiger partial charge in [0.15, 0.2) is 0 Å². The third kappa shape index (κ3) is 2.53. The molecule has 0 atom stereocenters. The van der Waals surface area contributed by atoms with Gasteiger partial charge in [-0.3, -0.25) is 4.79 Å². The lowest BCUT2D eigenvalue weighted by Gasteiger charge is -2.23. The van der Waals surface area contributed by atoms with Crippen molar-refractivity contribution in [1.29, 1.82) is 5.26 Å². The van der Waals surface area contributed by atoms with E-state index in [9.17, 15) is 10.1 Å². The number of aryl methyl sites for hydroxylation is 2. The lowest BCUT2D eigenvalue weighted by atomic mass is 9.83. The molecule has 96 valence electrons. The standard InChI is InChI=1S/C15H20N2O/c1-5-15(6-2,10-16)14(18)17-13-11(3)8-7-9-12(13)4/h7-9H,5-6H2,1-4H3,(H,17,18). The third-order valence-electron chi connectivity index (χ3n) is 3.58. The van der Waals surface area contributed by atoms with Crippen LogP contribution >= 0.6 is 0 Å². The number of anilines is 1. The highest BCUT2D eigenvalue weighted by Gasteiger charge is 2.35. The summed E-state index contributed by atoms with van der Waals surface area (Å²) in [6, 6.07) is 8.02. The molecule has 3 heteroatoms. The number of rotatable bonds is 4. The second kappa shape index (κ2) is 5.68. The summed E-state index contributed by atoms with van der Waals surface area (Å²) in [6.07, 6.45) is 1.05. The highest BCUT2D eigenvalue weighted by molar-refractivity contribution is 5.98. The summed E-state index contributed by atoms with van der Waals surface area (Å²) in [7, 11) is 0. The first-order valence-corrected chi connectivity index (χ1v) is 6.29. The molecule has 0 bridgehead atoms. The number of para-hydroxylation sites is 1. The highest BCUT2D eigenvalue weighted by Crippen LogP contribution is 2.29. The Kier molecular flexibility index (Phi) is 4.49. The summed E-state index contributed by atoms with van der Waals surface area (Å²) in [5.74, 6) is -0.201. The van der Waals surface area contributed by atoms with E-state index in [1.807, 2.05) is 45.9 Å². The lowest BCUT2D eigenvalue weighted by molar-refractivity contribution is -0.123. The predicted octanol–water partition coefficient (Wildman–Crippen LogP) is 3.57. The van der Waals surface area contributed by atoms with E-state index in [1.165, 1.54) is 0 Å². The summed E-state index contributed by atoms with van der Waals surface area (Å²) < 4.78 is 0. The number of carbonyl (C=O) groups is 1. The molecule has 0 aromatic heterocycles. The van der Waals surface area contributed by atoms with Crippen molar-refractivity contribution in [1.82, 2.24) is 0 Å². The quantitative estimate of drug-likeness (QED) is 0.880. The van der Waals surface area contributed by atoms with Crippen LogP contribution in [0.1, 0.15) is 37.8 Å². The SMILES string of the molecule is CCC(C#N)(CC)C(=O)Nc1c(C)cccc1C. The smallest absolute Gasteiger partial charge is 0.244 e. The van der Waals surface area contributed by atoms with Crippen LogP contribution in [0.2, 0.25) is 0 Å². The van der Waals surface area contributed by atoms with E-state index in [0.29, 0.717) is 12.8 Å². The Morgan fingerprint density at radius 3 is 2.17 bits per heavy atom. The van der Waals surface area contributed by atoms with E-state index in [2.05, 4.69) is 11.4 Å². The van der Waals surface area contributed by atoms with Crippen LogP contribution in [0.15, 0.2) is 18.2 Å². The summed E-state index contributed by atoms with van der Waals surface area (Å²) in [4.78, 5) is 12.3. The highest BCUT2D eigenvalue weighted by atomic mass is 16.2. The van der Waals surface area contributed by atoms with Gasteiger partial charge in [0, 0.05) is 5.69 Å². The minimum absolute atomic E-state index is 0.201. The lowest BCUT2D eigenvalue weighted by Crippen LogP contribution is -2.34. The van der Waals surface area contributed by atoms with Gasteiger partial charge >= 0.3 is 0 Å². The fourth-order valence-corrected chi connectivity index (χ4v) is 2.02. The van der Waals surface area contributed by atoms with Gasteiger partial charge in [-0.15, -0.1) is 0 Å². The van der Waals surface area contributed by atoms with E-state index in [1.54, 1.807) is 0 Å². The maximum atomic E-state index is 12.3. The van der Waals surface area contributed by atoms with Gasteiger partial charge in [0.25, 0.3) is 0 Å². The number of carbonyl (C=O) groups excluding carboxylic acids is 1. The normalized spacial score (nSPS) is 10.8. The van der Waals surface area contributed by atoms with E-state index in [4.69, 9.17) is 0 Å². The largest absolute Gasteiger partial charge is 0.324 e. The number of nitrogens with one attached hydrogen (secondary N) is 1. The minimum atomic E-state index is -0.922. The zero-order valence-corrected chi connectivity index (χ0v) is 11.5. The number of amides is 1. The topological polar surface area (TPSA) is 52.9 Å². The molecule has 0 radical (unpaired) electrons. The van der Waals surface area contributed by atoms with Gasteiger partial charge in [-0.1, -0.05) is 32.0 Å². The maximum absolute atomic E-state index is 12.3. The van der Waals surface area contributed by atoms with Gasteiger partial charge < -0.3 is 5.32 Å². The first-order valence-electron chi connectivity index (χ1n) is 6.29. The molecule has 0 heterocycles. The molecule has 0 unspecified atom stereocenters. The molecule has 1 amide bonds. The molecule has 0 saturated heterocycles. The first kappa shape index (κ1) is 14.2. The summed E-state index contributed by atoms with van der Waals surface area (Å²) in [5.41, 5.74) is 1.93. The molecule has 0 aliphatic heterocycles. The predicted molar refractivity (Wildman–Crippen MR) is 73.2 cm³/mol. The van der Waals surface area contributed by atoms with E-state index >= 15 is 0 Å². The van der Waals surface area contributed by atoms with Crippen molar-refractivity contribution in [3.05, 3.63) is 29.3 Å².